The minimum Gasteiger partial charge on any atom is -0.382 e. The summed E-state index contributed by atoms with van der Waals surface area (Å²) >= 11 is 0. The summed E-state index contributed by atoms with van der Waals surface area (Å²) < 4.78 is 1.84. The zero-order valence-electron chi connectivity index (χ0n) is 9.59. The summed E-state index contributed by atoms with van der Waals surface area (Å²) in [4.78, 5) is 4.00. The van der Waals surface area contributed by atoms with Crippen LogP contribution < -0.4 is 5.32 Å². The number of nitrogens with zero attached hydrogens (tertiary/aromatic N) is 4. The molecule has 0 fully saturated rings. The first-order valence-electron chi connectivity index (χ1n) is 5.36. The predicted octanol–water partition coefficient (Wildman–Crippen LogP) is 1.34. The molecule has 0 amide bonds. The Kier molecular flexibility index (Phi) is 3.36. The van der Waals surface area contributed by atoms with Gasteiger partial charge in [0.25, 0.3) is 0 Å². The molecule has 86 valence electrons. The number of anilines is 1. The van der Waals surface area contributed by atoms with Gasteiger partial charge in [-0.1, -0.05) is 0 Å². The van der Waals surface area contributed by atoms with Gasteiger partial charge in [0.2, 0.25) is 0 Å². The standard InChI is InChI=1S/C12H13N5/c1-17-11(4-7-16-17)3-6-15-12-9-14-5-2-10(12)8-13/h2,4-5,7,9,15H,3,6H2,1H3. The monoisotopic (exact) mass is 227 g/mol. The van der Waals surface area contributed by atoms with Gasteiger partial charge in [-0.2, -0.15) is 10.4 Å². The van der Waals surface area contributed by atoms with Crippen molar-refractivity contribution in [1.82, 2.24) is 14.8 Å². The van der Waals surface area contributed by atoms with Crippen molar-refractivity contribution in [2.45, 2.75) is 6.42 Å². The minimum atomic E-state index is 0.616. The van der Waals surface area contributed by atoms with E-state index in [-0.39, 0.29) is 0 Å². The molecule has 5 nitrogen and oxygen atoms in total. The normalized spacial score (nSPS) is 9.88. The van der Waals surface area contributed by atoms with Crippen LogP contribution in [0, 0.1) is 11.3 Å². The van der Waals surface area contributed by atoms with Crippen LogP contribution in [0.15, 0.2) is 30.7 Å². The number of nitrogens with one attached hydrogen (secondary N) is 1. The molecule has 2 rings (SSSR count). The summed E-state index contributed by atoms with van der Waals surface area (Å²) in [6.07, 6.45) is 5.92. The molecule has 0 spiro atoms. The van der Waals surface area contributed by atoms with Gasteiger partial charge in [-0.05, 0) is 12.1 Å². The van der Waals surface area contributed by atoms with Crippen LogP contribution >= 0.6 is 0 Å². The number of aromatic nitrogens is 3. The highest BCUT2D eigenvalue weighted by Crippen LogP contribution is 2.11. The highest BCUT2D eigenvalue weighted by Gasteiger charge is 2.01. The average molecular weight is 227 g/mol. The summed E-state index contributed by atoms with van der Waals surface area (Å²) in [6.45, 7) is 0.750. The topological polar surface area (TPSA) is 66.5 Å². The lowest BCUT2D eigenvalue weighted by Crippen LogP contribution is -2.09. The Morgan fingerprint density at radius 3 is 3.00 bits per heavy atom. The van der Waals surface area contributed by atoms with Gasteiger partial charge in [0.1, 0.15) is 6.07 Å². The van der Waals surface area contributed by atoms with Crippen molar-refractivity contribution in [3.8, 4) is 6.07 Å². The van der Waals surface area contributed by atoms with E-state index in [4.69, 9.17) is 5.26 Å². The molecule has 0 aliphatic rings. The number of rotatable bonds is 4. The highest BCUT2D eigenvalue weighted by molar-refractivity contribution is 5.55. The average Bonchev–Trinajstić information content (AvgIpc) is 2.76. The number of hydrogen-bond donors (Lipinski definition) is 1. The molecule has 0 atom stereocenters. The van der Waals surface area contributed by atoms with Crippen LogP contribution in [0.25, 0.3) is 0 Å². The van der Waals surface area contributed by atoms with Crippen molar-refractivity contribution in [1.29, 1.82) is 5.26 Å². The molecule has 0 aliphatic carbocycles. The molecule has 0 aromatic carbocycles. The predicted molar refractivity (Wildman–Crippen MR) is 64.4 cm³/mol. The van der Waals surface area contributed by atoms with Gasteiger partial charge >= 0.3 is 0 Å². The Bertz CT molecular complexity index is 538. The van der Waals surface area contributed by atoms with Crippen LogP contribution in [0.3, 0.4) is 0 Å². The lowest BCUT2D eigenvalue weighted by Gasteiger charge is -2.07. The van der Waals surface area contributed by atoms with E-state index < -0.39 is 0 Å². The van der Waals surface area contributed by atoms with Crippen molar-refractivity contribution in [3.63, 3.8) is 0 Å². The molecule has 17 heavy (non-hydrogen) atoms. The van der Waals surface area contributed by atoms with E-state index >= 15 is 0 Å². The summed E-state index contributed by atoms with van der Waals surface area (Å²) in [5, 5.41) is 16.2. The third-order valence-electron chi connectivity index (χ3n) is 2.56. The smallest absolute Gasteiger partial charge is 0.101 e. The Morgan fingerprint density at radius 2 is 2.29 bits per heavy atom. The third kappa shape index (κ3) is 2.61. The number of hydrogen-bond acceptors (Lipinski definition) is 4. The first kappa shape index (κ1) is 11.1. The van der Waals surface area contributed by atoms with Gasteiger partial charge < -0.3 is 5.32 Å². The molecule has 2 aromatic heterocycles. The number of aryl methyl sites for hydroxylation is 1. The van der Waals surface area contributed by atoms with E-state index in [2.05, 4.69) is 21.5 Å². The lowest BCUT2D eigenvalue weighted by molar-refractivity contribution is 0.711. The summed E-state index contributed by atoms with van der Waals surface area (Å²) in [7, 11) is 1.92. The highest BCUT2D eigenvalue weighted by atomic mass is 15.3. The third-order valence-corrected chi connectivity index (χ3v) is 2.56. The minimum absolute atomic E-state index is 0.616. The Hall–Kier alpha value is -2.35. The summed E-state index contributed by atoms with van der Waals surface area (Å²) in [6, 6.07) is 5.81. The fourth-order valence-electron chi connectivity index (χ4n) is 1.60. The summed E-state index contributed by atoms with van der Waals surface area (Å²) in [5.41, 5.74) is 2.54. The maximum Gasteiger partial charge on any atom is 0.101 e. The number of nitriles is 1. The van der Waals surface area contributed by atoms with E-state index in [1.54, 1.807) is 24.7 Å². The second-order valence-corrected chi connectivity index (χ2v) is 3.66. The van der Waals surface area contributed by atoms with Crippen molar-refractivity contribution in [3.05, 3.63) is 42.0 Å². The largest absolute Gasteiger partial charge is 0.382 e. The van der Waals surface area contributed by atoms with E-state index in [0.717, 1.165) is 24.3 Å². The quantitative estimate of drug-likeness (QED) is 0.856. The molecule has 0 unspecified atom stereocenters. The zero-order valence-corrected chi connectivity index (χ0v) is 9.59. The van der Waals surface area contributed by atoms with E-state index in [9.17, 15) is 0 Å². The number of pyridine rings is 1. The van der Waals surface area contributed by atoms with Crippen molar-refractivity contribution in [2.24, 2.45) is 7.05 Å². The molecule has 1 N–H and O–H groups in total. The van der Waals surface area contributed by atoms with Gasteiger partial charge in [0, 0.05) is 38.1 Å². The van der Waals surface area contributed by atoms with Crippen LogP contribution in [-0.2, 0) is 13.5 Å². The van der Waals surface area contributed by atoms with Crippen LogP contribution in [0.5, 0.6) is 0 Å². The van der Waals surface area contributed by atoms with Gasteiger partial charge in [0.05, 0.1) is 17.4 Å². The van der Waals surface area contributed by atoms with E-state index in [1.807, 2.05) is 17.8 Å². The van der Waals surface area contributed by atoms with E-state index in [0.29, 0.717) is 5.56 Å². The zero-order chi connectivity index (χ0) is 12.1. The van der Waals surface area contributed by atoms with E-state index in [1.165, 1.54) is 0 Å². The fourth-order valence-corrected chi connectivity index (χ4v) is 1.60. The van der Waals surface area contributed by atoms with Crippen LogP contribution in [0.4, 0.5) is 5.69 Å². The molecular weight excluding hydrogens is 214 g/mol. The summed E-state index contributed by atoms with van der Waals surface area (Å²) in [5.74, 6) is 0. The Balaban J connectivity index is 1.95. The molecule has 2 heterocycles. The Morgan fingerprint density at radius 1 is 1.41 bits per heavy atom. The molecule has 0 aliphatic heterocycles. The lowest BCUT2D eigenvalue weighted by atomic mass is 10.2. The van der Waals surface area contributed by atoms with Crippen LogP contribution in [0.1, 0.15) is 11.3 Å². The van der Waals surface area contributed by atoms with Crippen LogP contribution in [-0.4, -0.2) is 21.3 Å². The first-order valence-corrected chi connectivity index (χ1v) is 5.36. The maximum absolute atomic E-state index is 8.91. The van der Waals surface area contributed by atoms with Gasteiger partial charge in [-0.3, -0.25) is 9.67 Å². The van der Waals surface area contributed by atoms with Crippen molar-refractivity contribution in [2.75, 3.05) is 11.9 Å². The molecule has 0 saturated heterocycles. The molecule has 0 saturated carbocycles. The van der Waals surface area contributed by atoms with Gasteiger partial charge in [-0.15, -0.1) is 0 Å². The van der Waals surface area contributed by atoms with Crippen molar-refractivity contribution >= 4 is 5.69 Å². The second kappa shape index (κ2) is 5.12. The molecule has 5 heteroatoms. The maximum atomic E-state index is 8.91. The van der Waals surface area contributed by atoms with Gasteiger partial charge in [-0.25, -0.2) is 0 Å². The van der Waals surface area contributed by atoms with Gasteiger partial charge in [0.15, 0.2) is 0 Å². The molecular formula is C12H13N5. The fraction of sp³-hybridized carbons (Fsp3) is 0.250. The molecule has 2 aromatic rings. The Labute approximate surface area is 99.7 Å². The first-order chi connectivity index (χ1) is 8.31. The van der Waals surface area contributed by atoms with Crippen LogP contribution in [0.2, 0.25) is 0 Å². The SMILES string of the molecule is Cn1nccc1CCNc1cnccc1C#N. The second-order valence-electron chi connectivity index (χ2n) is 3.66. The van der Waals surface area contributed by atoms with Crippen molar-refractivity contribution < 1.29 is 0 Å². The molecule has 0 bridgehead atoms. The molecule has 0 radical (unpaired) electrons.